The number of urea groups is 1. The number of hydrogen-bond donors (Lipinski definition) is 1. The Hall–Kier alpha value is -4.37. The molecule has 1 aliphatic rings. The Morgan fingerprint density at radius 3 is 2.81 bits per heavy atom. The molecule has 1 aromatic heterocycles. The van der Waals surface area contributed by atoms with Crippen LogP contribution in [0.25, 0.3) is 6.08 Å². The second kappa shape index (κ2) is 9.19. The largest absolute Gasteiger partial charge is 0.470 e. The topological polar surface area (TPSA) is 165 Å². The van der Waals surface area contributed by atoms with Crippen LogP contribution in [-0.2, 0) is 16.1 Å². The van der Waals surface area contributed by atoms with E-state index in [1.807, 2.05) is 0 Å². The molecule has 1 aromatic carbocycles. The van der Waals surface area contributed by atoms with Crippen LogP contribution in [0.4, 0.5) is 10.5 Å². The molecule has 0 radical (unpaired) electrons. The van der Waals surface area contributed by atoms with Crippen molar-refractivity contribution in [2.24, 2.45) is 0 Å². The Kier molecular flexibility index (Phi) is 6.41. The summed E-state index contributed by atoms with van der Waals surface area (Å²) in [5.41, 5.74) is -0.535. The molecule has 1 N–H and O–H groups in total. The number of benzene rings is 1. The molecule has 0 spiro atoms. The fourth-order valence-electron chi connectivity index (χ4n) is 2.78. The molecule has 13 heteroatoms. The standard InChI is InChI=1S/C19H13ClN4O8/c1-30-18(26)15-3-2-11(32-15)9-23-17(25)13(22-19(23)27)7-10-6-12(20)16(31-5-4-21)14(8-10)24(28)29/h2-3,6-8H,5,9H2,1H3,(H,22,27)/b13-7-. The first-order valence-corrected chi connectivity index (χ1v) is 9.12. The molecule has 1 saturated heterocycles. The number of esters is 1. The number of carbonyl (C=O) groups is 3. The van der Waals surface area contributed by atoms with Crippen LogP contribution in [0, 0.1) is 21.4 Å². The average Bonchev–Trinajstić information content (AvgIpc) is 3.32. The molecule has 12 nitrogen and oxygen atoms in total. The molecule has 0 unspecified atom stereocenters. The summed E-state index contributed by atoms with van der Waals surface area (Å²) in [6.07, 6.45) is 1.20. The van der Waals surface area contributed by atoms with E-state index in [-0.39, 0.29) is 40.1 Å². The van der Waals surface area contributed by atoms with Crippen molar-refractivity contribution in [2.45, 2.75) is 6.54 Å². The van der Waals surface area contributed by atoms with Crippen molar-refractivity contribution in [3.8, 4) is 11.8 Å². The third-order valence-corrected chi connectivity index (χ3v) is 4.44. The minimum atomic E-state index is -0.758. The summed E-state index contributed by atoms with van der Waals surface area (Å²) >= 11 is 6.04. The van der Waals surface area contributed by atoms with Gasteiger partial charge in [0.25, 0.3) is 5.91 Å². The SMILES string of the molecule is COC(=O)c1ccc(CN2C(=O)N/C(=C\c3cc(Cl)c(OCC#N)c([N+](=O)[O-])c3)C2=O)o1. The maximum atomic E-state index is 12.6. The van der Waals surface area contributed by atoms with E-state index >= 15 is 0 Å². The fourth-order valence-corrected chi connectivity index (χ4v) is 3.05. The molecule has 1 aliphatic heterocycles. The molecule has 0 aliphatic carbocycles. The minimum absolute atomic E-state index is 0.0917. The van der Waals surface area contributed by atoms with Crippen LogP contribution in [0.2, 0.25) is 5.02 Å². The molecule has 3 rings (SSSR count). The lowest BCUT2D eigenvalue weighted by atomic mass is 10.1. The van der Waals surface area contributed by atoms with E-state index < -0.39 is 35.1 Å². The lowest BCUT2D eigenvalue weighted by molar-refractivity contribution is -0.385. The van der Waals surface area contributed by atoms with Crippen LogP contribution < -0.4 is 10.1 Å². The Balaban J connectivity index is 1.85. The quantitative estimate of drug-likeness (QED) is 0.215. The number of nitro benzene ring substituents is 1. The maximum Gasteiger partial charge on any atom is 0.373 e. The van der Waals surface area contributed by atoms with Gasteiger partial charge in [-0.15, -0.1) is 0 Å². The van der Waals surface area contributed by atoms with Crippen molar-refractivity contribution >= 4 is 41.3 Å². The highest BCUT2D eigenvalue weighted by Gasteiger charge is 2.34. The summed E-state index contributed by atoms with van der Waals surface area (Å²) in [6.45, 7) is -0.712. The van der Waals surface area contributed by atoms with Crippen LogP contribution >= 0.6 is 11.6 Å². The first kappa shape index (κ1) is 22.3. The monoisotopic (exact) mass is 460 g/mol. The van der Waals surface area contributed by atoms with Gasteiger partial charge < -0.3 is 19.2 Å². The van der Waals surface area contributed by atoms with Gasteiger partial charge in [-0.25, -0.2) is 9.59 Å². The van der Waals surface area contributed by atoms with Crippen molar-refractivity contribution in [1.29, 1.82) is 5.26 Å². The van der Waals surface area contributed by atoms with Gasteiger partial charge in [-0.05, 0) is 29.8 Å². The van der Waals surface area contributed by atoms with Crippen molar-refractivity contribution in [1.82, 2.24) is 10.2 Å². The van der Waals surface area contributed by atoms with Gasteiger partial charge in [0.2, 0.25) is 11.5 Å². The average molecular weight is 461 g/mol. The lowest BCUT2D eigenvalue weighted by Crippen LogP contribution is -2.30. The molecule has 2 aromatic rings. The van der Waals surface area contributed by atoms with Crippen LogP contribution in [0.15, 0.2) is 34.4 Å². The zero-order valence-electron chi connectivity index (χ0n) is 16.3. The van der Waals surface area contributed by atoms with Crippen molar-refractivity contribution in [3.05, 3.63) is 62.2 Å². The van der Waals surface area contributed by atoms with Gasteiger partial charge in [-0.2, -0.15) is 5.26 Å². The summed E-state index contributed by atoms with van der Waals surface area (Å²) in [5, 5.41) is 22.2. The predicted molar refractivity (Wildman–Crippen MR) is 106 cm³/mol. The zero-order chi connectivity index (χ0) is 23.4. The summed E-state index contributed by atoms with van der Waals surface area (Å²) in [4.78, 5) is 47.8. The van der Waals surface area contributed by atoms with E-state index in [0.29, 0.717) is 0 Å². The Labute approximate surface area is 184 Å². The number of nitrogens with one attached hydrogen (secondary N) is 1. The minimum Gasteiger partial charge on any atom is -0.470 e. The van der Waals surface area contributed by atoms with E-state index in [2.05, 4.69) is 10.1 Å². The summed E-state index contributed by atoms with van der Waals surface area (Å²) in [6, 6.07) is 6.05. The molecule has 1 fully saturated rings. The molecular formula is C19H13ClN4O8. The molecule has 32 heavy (non-hydrogen) atoms. The Morgan fingerprint density at radius 2 is 2.16 bits per heavy atom. The number of carbonyl (C=O) groups excluding carboxylic acids is 3. The van der Waals surface area contributed by atoms with Crippen LogP contribution in [0.5, 0.6) is 5.75 Å². The number of rotatable bonds is 7. The predicted octanol–water partition coefficient (Wildman–Crippen LogP) is 2.62. The first-order valence-electron chi connectivity index (χ1n) is 8.74. The maximum absolute atomic E-state index is 12.6. The smallest absolute Gasteiger partial charge is 0.373 e. The second-order valence-electron chi connectivity index (χ2n) is 6.19. The number of nitriles is 1. The number of furan rings is 1. The first-order chi connectivity index (χ1) is 15.2. The van der Waals surface area contributed by atoms with Crippen molar-refractivity contribution < 1.29 is 33.2 Å². The molecule has 164 valence electrons. The number of nitro groups is 1. The van der Waals surface area contributed by atoms with Gasteiger partial charge in [0.1, 0.15) is 17.5 Å². The molecule has 3 amide bonds. The van der Waals surface area contributed by atoms with E-state index in [1.54, 1.807) is 6.07 Å². The zero-order valence-corrected chi connectivity index (χ0v) is 17.0. The Morgan fingerprint density at radius 1 is 1.41 bits per heavy atom. The van der Waals surface area contributed by atoms with Crippen LogP contribution in [0.1, 0.15) is 21.9 Å². The van der Waals surface area contributed by atoms with Gasteiger partial charge in [-0.3, -0.25) is 19.8 Å². The molecule has 0 bridgehead atoms. The Bertz CT molecular complexity index is 1200. The van der Waals surface area contributed by atoms with Crippen molar-refractivity contribution in [3.63, 3.8) is 0 Å². The highest BCUT2D eigenvalue weighted by molar-refractivity contribution is 6.32. The number of nitrogens with zero attached hydrogens (tertiary/aromatic N) is 3. The molecule has 2 heterocycles. The third-order valence-electron chi connectivity index (χ3n) is 4.16. The van der Waals surface area contributed by atoms with Gasteiger partial charge in [0.15, 0.2) is 6.61 Å². The lowest BCUT2D eigenvalue weighted by Gasteiger charge is -2.09. The highest BCUT2D eigenvalue weighted by Crippen LogP contribution is 2.37. The summed E-state index contributed by atoms with van der Waals surface area (Å²) in [5.74, 6) is -1.66. The fraction of sp³-hybridized carbons (Fsp3) is 0.158. The molecule has 0 saturated carbocycles. The van der Waals surface area contributed by atoms with E-state index in [1.165, 1.54) is 31.4 Å². The number of halogens is 1. The second-order valence-corrected chi connectivity index (χ2v) is 6.60. The van der Waals surface area contributed by atoms with E-state index in [9.17, 15) is 24.5 Å². The van der Waals surface area contributed by atoms with Gasteiger partial charge in [0, 0.05) is 6.07 Å². The third kappa shape index (κ3) is 4.52. The summed E-state index contributed by atoms with van der Waals surface area (Å²) in [7, 11) is 1.18. The van der Waals surface area contributed by atoms with E-state index in [0.717, 1.165) is 11.0 Å². The number of imide groups is 1. The van der Waals surface area contributed by atoms with Crippen LogP contribution in [-0.4, -0.2) is 41.4 Å². The number of hydrogen-bond acceptors (Lipinski definition) is 9. The van der Waals surface area contributed by atoms with Gasteiger partial charge in [0.05, 0.1) is 23.6 Å². The normalized spacial score (nSPS) is 14.3. The number of amides is 3. The van der Waals surface area contributed by atoms with Crippen molar-refractivity contribution in [2.75, 3.05) is 13.7 Å². The number of ether oxygens (including phenoxy) is 2. The molecular weight excluding hydrogens is 448 g/mol. The van der Waals surface area contributed by atoms with E-state index in [4.69, 9.17) is 26.0 Å². The van der Waals surface area contributed by atoms with Crippen LogP contribution in [0.3, 0.4) is 0 Å². The summed E-state index contributed by atoms with van der Waals surface area (Å²) < 4.78 is 14.8. The molecule has 0 atom stereocenters. The van der Waals surface area contributed by atoms with Gasteiger partial charge in [-0.1, -0.05) is 11.6 Å². The highest BCUT2D eigenvalue weighted by atomic mass is 35.5. The van der Waals surface area contributed by atoms with Gasteiger partial charge >= 0.3 is 17.7 Å². The number of methoxy groups -OCH3 is 1.